The monoisotopic (exact) mass is 403 g/mol. The summed E-state index contributed by atoms with van der Waals surface area (Å²) in [5.41, 5.74) is 3.10. The van der Waals surface area contributed by atoms with Crippen LogP contribution in [-0.4, -0.2) is 27.6 Å². The van der Waals surface area contributed by atoms with Crippen molar-refractivity contribution in [3.05, 3.63) is 64.3 Å². The van der Waals surface area contributed by atoms with Gasteiger partial charge in [-0.25, -0.2) is 4.98 Å². The number of rotatable bonds is 5. The second kappa shape index (κ2) is 8.90. The highest BCUT2D eigenvalue weighted by molar-refractivity contribution is 7.15. The van der Waals surface area contributed by atoms with E-state index in [4.69, 9.17) is 4.74 Å². The number of ether oxygens (including phenoxy) is 1. The summed E-state index contributed by atoms with van der Waals surface area (Å²) in [5, 5.41) is 15.3. The van der Waals surface area contributed by atoms with Crippen molar-refractivity contribution >= 4 is 34.8 Å². The maximum absolute atomic E-state index is 12.5. The molecule has 3 aromatic rings. The largest absolute Gasteiger partial charge is 0.470 e. The van der Waals surface area contributed by atoms with Crippen LogP contribution in [0.5, 0.6) is 5.88 Å². The average Bonchev–Trinajstić information content (AvgIpc) is 3.14. The number of carbonyl (C=O) groups excluding carboxylic acids is 1. The van der Waals surface area contributed by atoms with Crippen molar-refractivity contribution in [2.24, 2.45) is 0 Å². The van der Waals surface area contributed by atoms with Crippen LogP contribution >= 0.6 is 23.7 Å². The Hall–Kier alpha value is -2.55. The van der Waals surface area contributed by atoms with E-state index < -0.39 is 0 Å². The molecule has 4 rings (SSSR count). The summed E-state index contributed by atoms with van der Waals surface area (Å²) in [4.78, 5) is 16.5. The Kier molecular flexibility index (Phi) is 6.33. The predicted octanol–water partition coefficient (Wildman–Crippen LogP) is 2.83. The number of hydrogen-bond donors (Lipinski definition) is 2. The van der Waals surface area contributed by atoms with Gasteiger partial charge < -0.3 is 10.1 Å². The van der Waals surface area contributed by atoms with Gasteiger partial charge in [-0.2, -0.15) is 0 Å². The standard InChI is InChI=1S/C18H17N5O2S.ClH/c24-17(13-4-5-14-10-19-8-6-12(14)9-13)21-18-23-22-16(26-18)11-25-15-3-1-2-7-20-15;/h1-5,7,9,19H,6,8,10-11H2,(H,21,23,24);1H. The van der Waals surface area contributed by atoms with Gasteiger partial charge in [0.2, 0.25) is 11.0 Å². The molecule has 2 aromatic heterocycles. The molecule has 0 unspecified atom stereocenters. The number of pyridine rings is 1. The molecule has 1 aromatic carbocycles. The number of amides is 1. The fourth-order valence-corrected chi connectivity index (χ4v) is 3.37. The molecule has 0 spiro atoms. The van der Waals surface area contributed by atoms with Gasteiger partial charge in [-0.1, -0.05) is 23.5 Å². The first kappa shape index (κ1) is 19.2. The molecule has 9 heteroatoms. The Morgan fingerprint density at radius 2 is 2.15 bits per heavy atom. The van der Waals surface area contributed by atoms with Gasteiger partial charge in [0.05, 0.1) is 0 Å². The number of fused-ring (bicyclic) bond motifs is 1. The summed E-state index contributed by atoms with van der Waals surface area (Å²) in [7, 11) is 0. The molecule has 1 aliphatic heterocycles. The first-order valence-electron chi connectivity index (χ1n) is 8.28. The third-order valence-electron chi connectivity index (χ3n) is 4.02. The Labute approximate surface area is 166 Å². The Morgan fingerprint density at radius 3 is 3.00 bits per heavy atom. The Morgan fingerprint density at radius 1 is 1.22 bits per heavy atom. The van der Waals surface area contributed by atoms with Gasteiger partial charge in [-0.05, 0) is 42.3 Å². The summed E-state index contributed by atoms with van der Waals surface area (Å²) >= 11 is 1.29. The second-order valence-corrected chi connectivity index (χ2v) is 6.88. The fourth-order valence-electron chi connectivity index (χ4n) is 2.72. The first-order chi connectivity index (χ1) is 12.8. The first-order valence-corrected chi connectivity index (χ1v) is 9.10. The van der Waals surface area contributed by atoms with Crippen LogP contribution in [0.15, 0.2) is 42.6 Å². The number of aromatic nitrogens is 3. The third kappa shape index (κ3) is 4.79. The quantitative estimate of drug-likeness (QED) is 0.681. The van der Waals surface area contributed by atoms with E-state index in [1.54, 1.807) is 12.3 Å². The zero-order valence-electron chi connectivity index (χ0n) is 14.3. The van der Waals surface area contributed by atoms with Crippen LogP contribution in [0.1, 0.15) is 26.5 Å². The zero-order valence-corrected chi connectivity index (χ0v) is 16.0. The molecular weight excluding hydrogens is 386 g/mol. The van der Waals surface area contributed by atoms with Crippen molar-refractivity contribution < 1.29 is 9.53 Å². The summed E-state index contributed by atoms with van der Waals surface area (Å²) in [6, 6.07) is 11.2. The van der Waals surface area contributed by atoms with E-state index in [9.17, 15) is 4.79 Å². The number of benzene rings is 1. The summed E-state index contributed by atoms with van der Waals surface area (Å²) in [6.45, 7) is 2.05. The molecule has 0 bridgehead atoms. The lowest BCUT2D eigenvalue weighted by atomic mass is 9.98. The summed E-state index contributed by atoms with van der Waals surface area (Å²) < 4.78 is 5.54. The highest BCUT2D eigenvalue weighted by atomic mass is 35.5. The lowest BCUT2D eigenvalue weighted by Gasteiger charge is -2.17. The maximum Gasteiger partial charge on any atom is 0.257 e. The van der Waals surface area contributed by atoms with Crippen molar-refractivity contribution in [1.82, 2.24) is 20.5 Å². The molecule has 2 N–H and O–H groups in total. The van der Waals surface area contributed by atoms with Crippen molar-refractivity contribution in [1.29, 1.82) is 0 Å². The number of nitrogens with zero attached hydrogens (tertiary/aromatic N) is 3. The van der Waals surface area contributed by atoms with Gasteiger partial charge in [0.25, 0.3) is 5.91 Å². The van der Waals surface area contributed by atoms with Crippen LogP contribution in [0, 0.1) is 0 Å². The summed E-state index contributed by atoms with van der Waals surface area (Å²) in [6.07, 6.45) is 2.60. The van der Waals surface area contributed by atoms with E-state index in [-0.39, 0.29) is 24.9 Å². The van der Waals surface area contributed by atoms with E-state index >= 15 is 0 Å². The molecule has 3 heterocycles. The molecule has 0 saturated heterocycles. The summed E-state index contributed by atoms with van der Waals surface area (Å²) in [5.74, 6) is 0.344. The Balaban J connectivity index is 0.00000210. The molecular formula is C18H18ClN5O2S. The smallest absolute Gasteiger partial charge is 0.257 e. The van der Waals surface area contributed by atoms with E-state index in [1.807, 2.05) is 30.3 Å². The number of nitrogens with one attached hydrogen (secondary N) is 2. The van der Waals surface area contributed by atoms with Gasteiger partial charge in [0.1, 0.15) is 6.61 Å². The van der Waals surface area contributed by atoms with E-state index in [0.717, 1.165) is 19.5 Å². The lowest BCUT2D eigenvalue weighted by Crippen LogP contribution is -2.24. The van der Waals surface area contributed by atoms with E-state index in [1.165, 1.54) is 22.5 Å². The molecule has 1 aliphatic rings. The minimum atomic E-state index is -0.181. The SMILES string of the molecule is Cl.O=C(Nc1nnc(COc2ccccn2)s1)c1ccc2c(c1)CCNC2. The van der Waals surface area contributed by atoms with Gasteiger partial charge >= 0.3 is 0 Å². The highest BCUT2D eigenvalue weighted by Gasteiger charge is 2.14. The lowest BCUT2D eigenvalue weighted by molar-refractivity contribution is 0.102. The van der Waals surface area contributed by atoms with Gasteiger partial charge in [0.15, 0.2) is 5.01 Å². The molecule has 0 aliphatic carbocycles. The van der Waals surface area contributed by atoms with Gasteiger partial charge in [-0.3, -0.25) is 10.1 Å². The van der Waals surface area contributed by atoms with Gasteiger partial charge in [-0.15, -0.1) is 22.6 Å². The molecule has 0 saturated carbocycles. The predicted molar refractivity (Wildman–Crippen MR) is 106 cm³/mol. The Bertz CT molecular complexity index is 919. The van der Waals surface area contributed by atoms with Crippen molar-refractivity contribution in [3.63, 3.8) is 0 Å². The van der Waals surface area contributed by atoms with Gasteiger partial charge in [0, 0.05) is 24.4 Å². The number of carbonyl (C=O) groups is 1. The number of halogens is 1. The van der Waals surface area contributed by atoms with Crippen LogP contribution in [0.2, 0.25) is 0 Å². The van der Waals surface area contributed by atoms with Crippen LogP contribution in [-0.2, 0) is 19.6 Å². The molecule has 140 valence electrons. The molecule has 7 nitrogen and oxygen atoms in total. The third-order valence-corrected chi connectivity index (χ3v) is 4.84. The fraction of sp³-hybridized carbons (Fsp3) is 0.222. The molecule has 0 radical (unpaired) electrons. The maximum atomic E-state index is 12.5. The van der Waals surface area contributed by atoms with Crippen LogP contribution in [0.4, 0.5) is 5.13 Å². The number of hydrogen-bond acceptors (Lipinski definition) is 7. The molecule has 0 atom stereocenters. The minimum Gasteiger partial charge on any atom is -0.470 e. The normalized spacial score (nSPS) is 12.6. The minimum absolute atomic E-state index is 0. The average molecular weight is 404 g/mol. The zero-order chi connectivity index (χ0) is 17.8. The molecule has 27 heavy (non-hydrogen) atoms. The van der Waals surface area contributed by atoms with Crippen LogP contribution < -0.4 is 15.4 Å². The highest BCUT2D eigenvalue weighted by Crippen LogP contribution is 2.20. The van der Waals surface area contributed by atoms with Crippen LogP contribution in [0.3, 0.4) is 0 Å². The molecule has 0 fully saturated rings. The van der Waals surface area contributed by atoms with Crippen LogP contribution in [0.25, 0.3) is 0 Å². The molecule has 1 amide bonds. The van der Waals surface area contributed by atoms with E-state index in [2.05, 4.69) is 25.8 Å². The number of anilines is 1. The van der Waals surface area contributed by atoms with E-state index in [0.29, 0.717) is 21.6 Å². The van der Waals surface area contributed by atoms with Crippen molar-refractivity contribution in [2.45, 2.75) is 19.6 Å². The van der Waals surface area contributed by atoms with Crippen molar-refractivity contribution in [2.75, 3.05) is 11.9 Å². The topological polar surface area (TPSA) is 89.0 Å². The van der Waals surface area contributed by atoms with Crippen molar-refractivity contribution in [3.8, 4) is 5.88 Å². The second-order valence-electron chi connectivity index (χ2n) is 5.82.